The Hall–Kier alpha value is -1.22. The van der Waals surface area contributed by atoms with Crippen LogP contribution in [0.2, 0.25) is 0 Å². The number of fused-ring (bicyclic) bond motifs is 1. The van der Waals surface area contributed by atoms with Crippen LogP contribution < -0.4 is 4.74 Å². The Morgan fingerprint density at radius 2 is 2.14 bits per heavy atom. The first kappa shape index (κ1) is 9.34. The molecule has 0 N–H and O–H groups in total. The molecule has 1 aliphatic heterocycles. The Balaban J connectivity index is 2.46. The highest BCUT2D eigenvalue weighted by atomic mass is 32.1. The number of hydrogen-bond acceptors (Lipinski definition) is 3. The molecule has 0 spiro atoms. The number of allylic oxidation sites excluding steroid dienone is 1. The molecule has 0 aromatic heterocycles. The van der Waals surface area contributed by atoms with Gasteiger partial charge in [-0.05, 0) is 23.5 Å². The maximum absolute atomic E-state index is 11.5. The number of ether oxygens (including phenoxy) is 1. The zero-order valence-corrected chi connectivity index (χ0v) is 8.67. The van der Waals surface area contributed by atoms with Gasteiger partial charge in [-0.25, -0.2) is 4.79 Å². The SMILES string of the molecule is C/C(S)=C1\Cc2ccccc2OC1=O. The van der Waals surface area contributed by atoms with Crippen LogP contribution in [0.4, 0.5) is 0 Å². The summed E-state index contributed by atoms with van der Waals surface area (Å²) in [4.78, 5) is 12.2. The number of para-hydroxylation sites is 1. The first-order valence-electron chi connectivity index (χ1n) is 4.37. The highest BCUT2D eigenvalue weighted by Gasteiger charge is 2.22. The molecule has 0 fully saturated rings. The fourth-order valence-electron chi connectivity index (χ4n) is 1.45. The lowest BCUT2D eigenvalue weighted by molar-refractivity contribution is -0.130. The predicted molar refractivity (Wildman–Crippen MR) is 57.5 cm³/mol. The van der Waals surface area contributed by atoms with Gasteiger partial charge < -0.3 is 4.74 Å². The lowest BCUT2D eigenvalue weighted by atomic mass is 10.0. The summed E-state index contributed by atoms with van der Waals surface area (Å²) in [5.41, 5.74) is 1.68. The maximum Gasteiger partial charge on any atom is 0.340 e. The minimum absolute atomic E-state index is 0.281. The van der Waals surface area contributed by atoms with Crippen molar-refractivity contribution in [3.63, 3.8) is 0 Å². The first-order chi connectivity index (χ1) is 6.68. The summed E-state index contributed by atoms with van der Waals surface area (Å²) >= 11 is 4.17. The number of benzene rings is 1. The van der Waals surface area contributed by atoms with Crippen molar-refractivity contribution in [1.29, 1.82) is 0 Å². The summed E-state index contributed by atoms with van der Waals surface area (Å²) in [5, 5.41) is 0. The van der Waals surface area contributed by atoms with E-state index in [2.05, 4.69) is 12.6 Å². The molecule has 0 atom stereocenters. The van der Waals surface area contributed by atoms with Gasteiger partial charge in [0.05, 0.1) is 5.57 Å². The molecule has 2 rings (SSSR count). The summed E-state index contributed by atoms with van der Waals surface area (Å²) in [6.07, 6.45) is 0.615. The molecule has 2 nitrogen and oxygen atoms in total. The molecule has 14 heavy (non-hydrogen) atoms. The van der Waals surface area contributed by atoms with Crippen molar-refractivity contribution in [2.75, 3.05) is 0 Å². The Morgan fingerprint density at radius 3 is 2.86 bits per heavy atom. The topological polar surface area (TPSA) is 26.3 Å². The van der Waals surface area contributed by atoms with Crippen LogP contribution in [0.5, 0.6) is 5.75 Å². The van der Waals surface area contributed by atoms with Crippen molar-refractivity contribution in [2.45, 2.75) is 13.3 Å². The minimum atomic E-state index is -0.281. The van der Waals surface area contributed by atoms with Crippen LogP contribution in [0.1, 0.15) is 12.5 Å². The number of thiol groups is 1. The second-order valence-electron chi connectivity index (χ2n) is 3.24. The molecule has 0 amide bonds. The van der Waals surface area contributed by atoms with E-state index in [0.29, 0.717) is 17.7 Å². The van der Waals surface area contributed by atoms with Gasteiger partial charge in [-0.1, -0.05) is 18.2 Å². The quantitative estimate of drug-likeness (QED) is 0.305. The van der Waals surface area contributed by atoms with Gasteiger partial charge in [-0.2, -0.15) is 0 Å². The van der Waals surface area contributed by atoms with Crippen LogP contribution in [-0.2, 0) is 11.2 Å². The molecule has 1 heterocycles. The third kappa shape index (κ3) is 1.55. The lowest BCUT2D eigenvalue weighted by Crippen LogP contribution is -2.19. The van der Waals surface area contributed by atoms with Gasteiger partial charge in [0, 0.05) is 6.42 Å². The third-order valence-corrected chi connectivity index (χ3v) is 2.50. The lowest BCUT2D eigenvalue weighted by Gasteiger charge is -2.18. The number of esters is 1. The van der Waals surface area contributed by atoms with Crippen molar-refractivity contribution in [1.82, 2.24) is 0 Å². The fourth-order valence-corrected chi connectivity index (χ4v) is 1.62. The van der Waals surface area contributed by atoms with E-state index in [0.717, 1.165) is 10.5 Å². The minimum Gasteiger partial charge on any atom is -0.423 e. The highest BCUT2D eigenvalue weighted by molar-refractivity contribution is 7.84. The van der Waals surface area contributed by atoms with Crippen molar-refractivity contribution in [2.24, 2.45) is 0 Å². The van der Waals surface area contributed by atoms with E-state index in [9.17, 15) is 4.79 Å². The molecular weight excluding hydrogens is 196 g/mol. The van der Waals surface area contributed by atoms with Gasteiger partial charge in [0.1, 0.15) is 5.75 Å². The van der Waals surface area contributed by atoms with Crippen LogP contribution in [0.25, 0.3) is 0 Å². The van der Waals surface area contributed by atoms with Gasteiger partial charge in [0.2, 0.25) is 0 Å². The smallest absolute Gasteiger partial charge is 0.340 e. The van der Waals surface area contributed by atoms with E-state index < -0.39 is 0 Å². The van der Waals surface area contributed by atoms with Crippen molar-refractivity contribution >= 4 is 18.6 Å². The summed E-state index contributed by atoms with van der Waals surface area (Å²) in [6, 6.07) is 7.55. The van der Waals surface area contributed by atoms with Gasteiger partial charge in [0.25, 0.3) is 0 Å². The number of rotatable bonds is 0. The third-order valence-electron chi connectivity index (χ3n) is 2.23. The summed E-state index contributed by atoms with van der Waals surface area (Å²) in [5.74, 6) is 0.382. The Bertz CT molecular complexity index is 417. The molecule has 1 aliphatic rings. The van der Waals surface area contributed by atoms with Crippen LogP contribution in [0.3, 0.4) is 0 Å². The average Bonchev–Trinajstić information content (AvgIpc) is 2.16. The van der Waals surface area contributed by atoms with Gasteiger partial charge >= 0.3 is 5.97 Å². The standard InChI is InChI=1S/C11H10O2S/c1-7(14)9-6-8-4-2-3-5-10(8)13-11(9)12/h2-5,14H,6H2,1H3/b9-7-. The van der Waals surface area contributed by atoms with E-state index in [1.165, 1.54) is 0 Å². The van der Waals surface area contributed by atoms with Crippen molar-refractivity contribution < 1.29 is 9.53 Å². The molecule has 72 valence electrons. The molecule has 0 saturated heterocycles. The van der Waals surface area contributed by atoms with E-state index >= 15 is 0 Å². The van der Waals surface area contributed by atoms with Crippen molar-refractivity contribution in [3.05, 3.63) is 40.3 Å². The second-order valence-corrected chi connectivity index (χ2v) is 3.91. The highest BCUT2D eigenvalue weighted by Crippen LogP contribution is 2.29. The molecule has 0 bridgehead atoms. The Kier molecular flexibility index (Phi) is 2.33. The van der Waals surface area contributed by atoms with E-state index in [1.807, 2.05) is 18.2 Å². The fraction of sp³-hybridized carbons (Fsp3) is 0.182. The Labute approximate surface area is 88.0 Å². The van der Waals surface area contributed by atoms with Crippen LogP contribution in [-0.4, -0.2) is 5.97 Å². The average molecular weight is 206 g/mol. The van der Waals surface area contributed by atoms with Crippen LogP contribution >= 0.6 is 12.6 Å². The molecule has 1 aromatic rings. The largest absolute Gasteiger partial charge is 0.423 e. The van der Waals surface area contributed by atoms with Crippen LogP contribution in [0, 0.1) is 0 Å². The first-order valence-corrected chi connectivity index (χ1v) is 4.82. The number of hydrogen-bond donors (Lipinski definition) is 1. The normalized spacial score (nSPS) is 18.6. The second kappa shape index (κ2) is 3.50. The molecule has 1 aromatic carbocycles. The summed E-state index contributed by atoms with van der Waals surface area (Å²) < 4.78 is 5.16. The molecular formula is C11H10O2S. The zero-order chi connectivity index (χ0) is 10.1. The molecule has 0 aliphatic carbocycles. The monoisotopic (exact) mass is 206 g/mol. The molecule has 0 saturated carbocycles. The summed E-state index contributed by atoms with van der Waals surface area (Å²) in [7, 11) is 0. The van der Waals surface area contributed by atoms with E-state index in [4.69, 9.17) is 4.74 Å². The van der Waals surface area contributed by atoms with Gasteiger partial charge in [0.15, 0.2) is 0 Å². The van der Waals surface area contributed by atoms with E-state index in [-0.39, 0.29) is 5.97 Å². The van der Waals surface area contributed by atoms with Gasteiger partial charge in [-0.3, -0.25) is 0 Å². The Morgan fingerprint density at radius 1 is 1.43 bits per heavy atom. The number of carbonyl (C=O) groups excluding carboxylic acids is 1. The number of carbonyl (C=O) groups is 1. The van der Waals surface area contributed by atoms with E-state index in [1.54, 1.807) is 13.0 Å². The van der Waals surface area contributed by atoms with Crippen LogP contribution in [0.15, 0.2) is 34.7 Å². The molecule has 3 heteroatoms. The molecule has 0 radical (unpaired) electrons. The van der Waals surface area contributed by atoms with Crippen molar-refractivity contribution in [3.8, 4) is 5.75 Å². The zero-order valence-electron chi connectivity index (χ0n) is 7.78. The summed E-state index contributed by atoms with van der Waals surface area (Å²) in [6.45, 7) is 1.80. The van der Waals surface area contributed by atoms with Gasteiger partial charge in [-0.15, -0.1) is 12.6 Å². The predicted octanol–water partition coefficient (Wildman–Crippen LogP) is 2.35. The maximum atomic E-state index is 11.5. The molecule has 0 unspecified atom stereocenters.